The second-order valence-electron chi connectivity index (χ2n) is 3.87. The second kappa shape index (κ2) is 5.72. The van der Waals surface area contributed by atoms with Crippen molar-refractivity contribution >= 4 is 0 Å². The van der Waals surface area contributed by atoms with Crippen LogP contribution in [0.15, 0.2) is 18.2 Å². The predicted octanol–water partition coefficient (Wildman–Crippen LogP) is 1.47. The summed E-state index contributed by atoms with van der Waals surface area (Å²) in [6, 6.07) is 5.04. The lowest BCUT2D eigenvalue weighted by Gasteiger charge is -2.16. The van der Waals surface area contributed by atoms with E-state index in [1.807, 2.05) is 19.9 Å². The van der Waals surface area contributed by atoms with Crippen LogP contribution >= 0.6 is 0 Å². The van der Waals surface area contributed by atoms with Gasteiger partial charge in [-0.05, 0) is 31.5 Å². The normalized spacial score (nSPS) is 12.6. The monoisotopic (exact) mass is 225 g/mol. The fourth-order valence-electron chi connectivity index (χ4n) is 1.38. The van der Waals surface area contributed by atoms with Crippen molar-refractivity contribution in [2.24, 2.45) is 5.73 Å². The molecule has 0 bridgehead atoms. The van der Waals surface area contributed by atoms with E-state index in [4.69, 9.17) is 20.3 Å². The summed E-state index contributed by atoms with van der Waals surface area (Å²) in [5.74, 6) is 1.32. The van der Waals surface area contributed by atoms with Gasteiger partial charge in [0.05, 0.1) is 25.9 Å². The molecule has 90 valence electrons. The number of methoxy groups -OCH3 is 1. The summed E-state index contributed by atoms with van der Waals surface area (Å²) < 4.78 is 10.8. The van der Waals surface area contributed by atoms with Crippen LogP contribution in [0.1, 0.15) is 25.5 Å². The molecule has 16 heavy (non-hydrogen) atoms. The molecule has 0 heterocycles. The number of benzene rings is 1. The van der Waals surface area contributed by atoms with Crippen LogP contribution < -0.4 is 15.2 Å². The molecule has 0 saturated carbocycles. The second-order valence-corrected chi connectivity index (χ2v) is 3.87. The molecule has 4 nitrogen and oxygen atoms in total. The lowest BCUT2D eigenvalue weighted by molar-refractivity contribution is 0.229. The molecule has 1 aromatic carbocycles. The van der Waals surface area contributed by atoms with Crippen LogP contribution in [-0.2, 0) is 0 Å². The van der Waals surface area contributed by atoms with E-state index in [1.54, 1.807) is 19.2 Å². The van der Waals surface area contributed by atoms with Crippen LogP contribution in [0.4, 0.5) is 0 Å². The van der Waals surface area contributed by atoms with E-state index < -0.39 is 0 Å². The van der Waals surface area contributed by atoms with Gasteiger partial charge in [0.1, 0.15) is 0 Å². The van der Waals surface area contributed by atoms with Crippen molar-refractivity contribution in [2.75, 3.05) is 13.7 Å². The average molecular weight is 225 g/mol. The van der Waals surface area contributed by atoms with Crippen LogP contribution in [0.2, 0.25) is 0 Å². The molecule has 4 heteroatoms. The van der Waals surface area contributed by atoms with Gasteiger partial charge in [-0.1, -0.05) is 6.07 Å². The van der Waals surface area contributed by atoms with Crippen LogP contribution in [-0.4, -0.2) is 24.9 Å². The first-order valence-corrected chi connectivity index (χ1v) is 5.29. The molecule has 0 aromatic heterocycles. The molecule has 0 fully saturated rings. The zero-order valence-electron chi connectivity index (χ0n) is 9.93. The molecule has 0 saturated heterocycles. The number of nitrogens with two attached hydrogens (primary N) is 1. The van der Waals surface area contributed by atoms with Gasteiger partial charge >= 0.3 is 0 Å². The predicted molar refractivity (Wildman–Crippen MR) is 62.8 cm³/mol. The van der Waals surface area contributed by atoms with Gasteiger partial charge in [0.2, 0.25) is 0 Å². The Bertz CT molecular complexity index is 339. The molecule has 0 radical (unpaired) electrons. The fraction of sp³-hybridized carbons (Fsp3) is 0.500. The lowest BCUT2D eigenvalue weighted by atomic mass is 10.1. The standard InChI is InChI=1S/C12H19NO3/c1-8(2)16-12-6-9(10(13)7-14)4-5-11(12)15-3/h4-6,8,10,14H,7,13H2,1-3H3/t10-/m0/s1. The van der Waals surface area contributed by atoms with Gasteiger partial charge in [-0.3, -0.25) is 0 Å². The van der Waals surface area contributed by atoms with E-state index in [0.717, 1.165) is 5.56 Å². The third-order valence-corrected chi connectivity index (χ3v) is 2.18. The van der Waals surface area contributed by atoms with Gasteiger partial charge in [-0.25, -0.2) is 0 Å². The topological polar surface area (TPSA) is 64.7 Å². The third-order valence-electron chi connectivity index (χ3n) is 2.18. The number of ether oxygens (including phenoxy) is 2. The minimum absolute atomic E-state index is 0.0644. The van der Waals surface area contributed by atoms with Gasteiger partial charge in [0.25, 0.3) is 0 Å². The number of aliphatic hydroxyl groups excluding tert-OH is 1. The minimum atomic E-state index is -0.389. The van der Waals surface area contributed by atoms with Crippen molar-refractivity contribution in [3.05, 3.63) is 23.8 Å². The number of hydrogen-bond acceptors (Lipinski definition) is 4. The average Bonchev–Trinajstić information content (AvgIpc) is 2.27. The van der Waals surface area contributed by atoms with Gasteiger partial charge in [0.15, 0.2) is 11.5 Å². The summed E-state index contributed by atoms with van der Waals surface area (Å²) in [6.45, 7) is 3.80. The van der Waals surface area contributed by atoms with E-state index in [9.17, 15) is 0 Å². The van der Waals surface area contributed by atoms with Crippen molar-refractivity contribution in [3.8, 4) is 11.5 Å². The molecule has 1 atom stereocenters. The molecule has 1 aromatic rings. The highest BCUT2D eigenvalue weighted by Gasteiger charge is 2.11. The molecular formula is C12H19NO3. The lowest BCUT2D eigenvalue weighted by Crippen LogP contribution is -2.15. The summed E-state index contributed by atoms with van der Waals surface area (Å²) in [5, 5.41) is 8.99. The van der Waals surface area contributed by atoms with E-state index in [-0.39, 0.29) is 18.8 Å². The summed E-state index contributed by atoms with van der Waals surface area (Å²) >= 11 is 0. The smallest absolute Gasteiger partial charge is 0.161 e. The Hall–Kier alpha value is -1.26. The quantitative estimate of drug-likeness (QED) is 0.796. The number of rotatable bonds is 5. The zero-order valence-corrected chi connectivity index (χ0v) is 9.93. The van der Waals surface area contributed by atoms with E-state index >= 15 is 0 Å². The number of hydrogen-bond donors (Lipinski definition) is 2. The van der Waals surface area contributed by atoms with Crippen molar-refractivity contribution in [1.29, 1.82) is 0 Å². The fourth-order valence-corrected chi connectivity index (χ4v) is 1.38. The zero-order chi connectivity index (χ0) is 12.1. The first-order chi connectivity index (χ1) is 7.58. The Balaban J connectivity index is 3.00. The van der Waals surface area contributed by atoms with Crippen molar-refractivity contribution in [3.63, 3.8) is 0 Å². The highest BCUT2D eigenvalue weighted by molar-refractivity contribution is 5.43. The van der Waals surface area contributed by atoms with Crippen LogP contribution in [0.5, 0.6) is 11.5 Å². The van der Waals surface area contributed by atoms with Crippen LogP contribution in [0.3, 0.4) is 0 Å². The summed E-state index contributed by atoms with van der Waals surface area (Å²) in [5.41, 5.74) is 6.57. The van der Waals surface area contributed by atoms with Gasteiger partial charge in [0, 0.05) is 0 Å². The van der Waals surface area contributed by atoms with Crippen molar-refractivity contribution < 1.29 is 14.6 Å². The minimum Gasteiger partial charge on any atom is -0.493 e. The van der Waals surface area contributed by atoms with Gasteiger partial charge < -0.3 is 20.3 Å². The van der Waals surface area contributed by atoms with E-state index in [2.05, 4.69) is 0 Å². The summed E-state index contributed by atoms with van der Waals surface area (Å²) in [7, 11) is 1.59. The Morgan fingerprint density at radius 3 is 2.50 bits per heavy atom. The largest absolute Gasteiger partial charge is 0.493 e. The maximum absolute atomic E-state index is 8.99. The summed E-state index contributed by atoms with van der Waals surface area (Å²) in [6.07, 6.45) is 0.0644. The first-order valence-electron chi connectivity index (χ1n) is 5.29. The Labute approximate surface area is 96.0 Å². The van der Waals surface area contributed by atoms with Crippen LogP contribution in [0, 0.1) is 0 Å². The highest BCUT2D eigenvalue weighted by Crippen LogP contribution is 2.30. The highest BCUT2D eigenvalue weighted by atomic mass is 16.5. The molecular weight excluding hydrogens is 206 g/mol. The third kappa shape index (κ3) is 3.12. The van der Waals surface area contributed by atoms with Crippen LogP contribution in [0.25, 0.3) is 0 Å². The van der Waals surface area contributed by atoms with Crippen molar-refractivity contribution in [1.82, 2.24) is 0 Å². The molecule has 0 spiro atoms. The maximum atomic E-state index is 8.99. The SMILES string of the molecule is COc1ccc([C@@H](N)CO)cc1OC(C)C. The van der Waals surface area contributed by atoms with E-state index in [0.29, 0.717) is 11.5 Å². The molecule has 0 aliphatic heterocycles. The Morgan fingerprint density at radius 2 is 2.00 bits per heavy atom. The maximum Gasteiger partial charge on any atom is 0.161 e. The molecule has 0 aliphatic carbocycles. The molecule has 0 amide bonds. The molecule has 0 unspecified atom stereocenters. The Morgan fingerprint density at radius 1 is 1.31 bits per heavy atom. The molecule has 1 rings (SSSR count). The summed E-state index contributed by atoms with van der Waals surface area (Å²) in [4.78, 5) is 0. The molecule has 0 aliphatic rings. The Kier molecular flexibility index (Phi) is 4.58. The van der Waals surface area contributed by atoms with Gasteiger partial charge in [-0.2, -0.15) is 0 Å². The first kappa shape index (κ1) is 12.8. The van der Waals surface area contributed by atoms with Gasteiger partial charge in [-0.15, -0.1) is 0 Å². The number of aliphatic hydroxyl groups is 1. The molecule has 3 N–H and O–H groups in total. The van der Waals surface area contributed by atoms with Crippen molar-refractivity contribution in [2.45, 2.75) is 26.0 Å². The van der Waals surface area contributed by atoms with E-state index in [1.165, 1.54) is 0 Å².